The van der Waals surface area contributed by atoms with E-state index in [1.54, 1.807) is 17.8 Å². The van der Waals surface area contributed by atoms with Gasteiger partial charge in [0.05, 0.1) is 15.3 Å². The molecule has 5 nitrogen and oxygen atoms in total. The fourth-order valence-corrected chi connectivity index (χ4v) is 2.33. The first kappa shape index (κ1) is 13.0. The molecule has 0 aliphatic heterocycles. The molecule has 0 radical (unpaired) electrons. The van der Waals surface area contributed by atoms with E-state index in [4.69, 9.17) is 4.74 Å². The van der Waals surface area contributed by atoms with E-state index in [1.165, 1.54) is 23.5 Å². The van der Waals surface area contributed by atoms with Crippen molar-refractivity contribution in [1.29, 1.82) is 0 Å². The number of halogens is 1. The minimum absolute atomic E-state index is 0.0644. The number of thiazole rings is 1. The number of nitro groups is 1. The van der Waals surface area contributed by atoms with Crippen molar-refractivity contribution in [2.75, 3.05) is 0 Å². The van der Waals surface area contributed by atoms with Crippen molar-refractivity contribution in [1.82, 2.24) is 4.98 Å². The van der Waals surface area contributed by atoms with Crippen molar-refractivity contribution in [3.05, 3.63) is 50.5 Å². The number of nitrogens with zero attached hydrogens (tertiary/aromatic N) is 2. The van der Waals surface area contributed by atoms with Crippen LogP contribution in [-0.4, -0.2) is 9.91 Å². The first-order valence-corrected chi connectivity index (χ1v) is 7.04. The molecule has 0 saturated heterocycles. The van der Waals surface area contributed by atoms with Crippen LogP contribution in [0, 0.1) is 10.1 Å². The topological polar surface area (TPSA) is 65.3 Å². The lowest BCUT2D eigenvalue weighted by molar-refractivity contribution is -0.384. The van der Waals surface area contributed by atoms with Gasteiger partial charge in [0.2, 0.25) is 0 Å². The summed E-state index contributed by atoms with van der Waals surface area (Å²) in [6, 6.07) is 4.57. The Bertz CT molecular complexity index is 545. The van der Waals surface area contributed by atoms with Gasteiger partial charge in [-0.15, -0.1) is 11.3 Å². The zero-order chi connectivity index (χ0) is 13.0. The zero-order valence-electron chi connectivity index (χ0n) is 9.21. The molecule has 94 valence electrons. The fraction of sp³-hybridized carbons (Fsp3) is 0.182. The maximum Gasteiger partial charge on any atom is 0.270 e. The summed E-state index contributed by atoms with van der Waals surface area (Å²) in [6.45, 7) is 0.419. The van der Waals surface area contributed by atoms with E-state index in [9.17, 15) is 10.1 Å². The Kier molecular flexibility index (Phi) is 4.27. The fourth-order valence-electron chi connectivity index (χ4n) is 1.39. The Morgan fingerprint density at radius 3 is 2.94 bits per heavy atom. The molecular formula is C11H9BrN2O3S. The lowest BCUT2D eigenvalue weighted by Crippen LogP contribution is -1.97. The van der Waals surface area contributed by atoms with Crippen LogP contribution >= 0.6 is 27.3 Å². The van der Waals surface area contributed by atoms with E-state index in [0.29, 0.717) is 17.7 Å². The number of nitro benzene ring substituents is 1. The number of ether oxygens (including phenoxy) is 1. The summed E-state index contributed by atoms with van der Waals surface area (Å²) in [5.74, 6) is 0.644. The lowest BCUT2D eigenvalue weighted by Gasteiger charge is -2.08. The minimum atomic E-state index is -0.418. The molecule has 0 aliphatic carbocycles. The molecule has 0 bridgehead atoms. The second-order valence-electron chi connectivity index (χ2n) is 3.44. The number of rotatable bonds is 5. The first-order chi connectivity index (χ1) is 8.70. The standard InChI is InChI=1S/C11H9BrN2O3S/c12-4-8-3-9(14(15)16)1-2-11(8)17-6-10-5-13-7-18-10/h1-3,5,7H,4,6H2. The number of hydrogen-bond acceptors (Lipinski definition) is 5. The third-order valence-corrected chi connectivity index (χ3v) is 3.61. The Morgan fingerprint density at radius 2 is 2.33 bits per heavy atom. The molecule has 1 aromatic heterocycles. The van der Waals surface area contributed by atoms with Gasteiger partial charge in [0.25, 0.3) is 5.69 Å². The molecule has 0 saturated carbocycles. The predicted molar refractivity (Wildman–Crippen MR) is 72.2 cm³/mol. The summed E-state index contributed by atoms with van der Waals surface area (Å²) < 4.78 is 5.62. The average Bonchev–Trinajstić information content (AvgIpc) is 2.89. The predicted octanol–water partition coefficient (Wildman–Crippen LogP) is 3.53. The number of hydrogen-bond donors (Lipinski definition) is 0. The Morgan fingerprint density at radius 1 is 1.50 bits per heavy atom. The molecule has 18 heavy (non-hydrogen) atoms. The third-order valence-electron chi connectivity index (χ3n) is 2.25. The highest BCUT2D eigenvalue weighted by Crippen LogP contribution is 2.27. The SMILES string of the molecule is O=[N+]([O-])c1ccc(OCc2cncs2)c(CBr)c1. The van der Waals surface area contributed by atoms with Gasteiger partial charge in [-0.05, 0) is 6.07 Å². The molecule has 0 spiro atoms. The molecule has 0 amide bonds. The van der Waals surface area contributed by atoms with E-state index in [0.717, 1.165) is 10.4 Å². The highest BCUT2D eigenvalue weighted by Gasteiger charge is 2.11. The van der Waals surface area contributed by atoms with Crippen LogP contribution in [0.3, 0.4) is 0 Å². The monoisotopic (exact) mass is 328 g/mol. The summed E-state index contributed by atoms with van der Waals surface area (Å²) in [7, 11) is 0. The van der Waals surface area contributed by atoms with Crippen molar-refractivity contribution in [3.63, 3.8) is 0 Å². The molecule has 0 atom stereocenters. The van der Waals surface area contributed by atoms with Crippen molar-refractivity contribution < 1.29 is 9.66 Å². The van der Waals surface area contributed by atoms with Crippen LogP contribution in [-0.2, 0) is 11.9 Å². The minimum Gasteiger partial charge on any atom is -0.488 e. The Labute approximate surface area is 116 Å². The van der Waals surface area contributed by atoms with Gasteiger partial charge in [0, 0.05) is 29.2 Å². The molecule has 2 rings (SSSR count). The van der Waals surface area contributed by atoms with Gasteiger partial charge in [-0.25, -0.2) is 0 Å². The molecule has 7 heteroatoms. The number of aromatic nitrogens is 1. The number of non-ortho nitro benzene ring substituents is 1. The number of alkyl halides is 1. The Balaban J connectivity index is 2.14. The van der Waals surface area contributed by atoms with Gasteiger partial charge in [0.1, 0.15) is 12.4 Å². The van der Waals surface area contributed by atoms with E-state index >= 15 is 0 Å². The van der Waals surface area contributed by atoms with Crippen molar-refractivity contribution in [2.45, 2.75) is 11.9 Å². The van der Waals surface area contributed by atoms with Gasteiger partial charge >= 0.3 is 0 Å². The van der Waals surface area contributed by atoms with E-state index in [1.807, 2.05) is 0 Å². The van der Waals surface area contributed by atoms with Crippen molar-refractivity contribution in [3.8, 4) is 5.75 Å². The quantitative estimate of drug-likeness (QED) is 0.478. The zero-order valence-corrected chi connectivity index (χ0v) is 11.6. The normalized spacial score (nSPS) is 10.3. The summed E-state index contributed by atoms with van der Waals surface area (Å²) >= 11 is 4.81. The van der Waals surface area contributed by atoms with Crippen molar-refractivity contribution in [2.24, 2.45) is 0 Å². The average molecular weight is 329 g/mol. The molecule has 2 aromatic rings. The first-order valence-electron chi connectivity index (χ1n) is 5.04. The smallest absolute Gasteiger partial charge is 0.270 e. The molecule has 1 aromatic carbocycles. The van der Waals surface area contributed by atoms with Gasteiger partial charge in [-0.1, -0.05) is 15.9 Å². The van der Waals surface area contributed by atoms with Gasteiger partial charge in [-0.2, -0.15) is 0 Å². The Hall–Kier alpha value is -1.47. The van der Waals surface area contributed by atoms with Crippen LogP contribution in [0.2, 0.25) is 0 Å². The highest BCUT2D eigenvalue weighted by atomic mass is 79.9. The highest BCUT2D eigenvalue weighted by molar-refractivity contribution is 9.08. The van der Waals surface area contributed by atoms with Gasteiger partial charge < -0.3 is 4.74 Å². The van der Waals surface area contributed by atoms with E-state index in [-0.39, 0.29) is 5.69 Å². The largest absolute Gasteiger partial charge is 0.488 e. The van der Waals surface area contributed by atoms with Crippen molar-refractivity contribution >= 4 is 33.0 Å². The van der Waals surface area contributed by atoms with Gasteiger partial charge in [-0.3, -0.25) is 15.1 Å². The maximum atomic E-state index is 10.7. The molecular weight excluding hydrogens is 320 g/mol. The summed E-state index contributed by atoms with van der Waals surface area (Å²) in [5, 5.41) is 11.2. The summed E-state index contributed by atoms with van der Waals surface area (Å²) in [5.41, 5.74) is 2.56. The van der Waals surface area contributed by atoms with Gasteiger partial charge in [0.15, 0.2) is 0 Å². The molecule has 1 heterocycles. The summed E-state index contributed by atoms with van der Waals surface area (Å²) in [6.07, 6.45) is 1.74. The molecule has 0 unspecified atom stereocenters. The second kappa shape index (κ2) is 5.92. The third kappa shape index (κ3) is 3.05. The van der Waals surface area contributed by atoms with Crippen LogP contribution in [0.15, 0.2) is 29.9 Å². The van der Waals surface area contributed by atoms with Crippen LogP contribution in [0.5, 0.6) is 5.75 Å². The van der Waals surface area contributed by atoms with Crippen LogP contribution in [0.4, 0.5) is 5.69 Å². The molecule has 0 N–H and O–H groups in total. The van der Waals surface area contributed by atoms with Crippen LogP contribution < -0.4 is 4.74 Å². The van der Waals surface area contributed by atoms with Crippen LogP contribution in [0.1, 0.15) is 10.4 Å². The maximum absolute atomic E-state index is 10.7. The van der Waals surface area contributed by atoms with E-state index < -0.39 is 4.92 Å². The van der Waals surface area contributed by atoms with E-state index in [2.05, 4.69) is 20.9 Å². The van der Waals surface area contributed by atoms with Crippen LogP contribution in [0.25, 0.3) is 0 Å². The number of benzene rings is 1. The molecule has 0 fully saturated rings. The molecule has 0 aliphatic rings. The lowest BCUT2D eigenvalue weighted by atomic mass is 10.2. The second-order valence-corrected chi connectivity index (χ2v) is 4.97. The summed E-state index contributed by atoms with van der Waals surface area (Å²) in [4.78, 5) is 15.2.